The molecule has 0 saturated heterocycles. The van der Waals surface area contributed by atoms with E-state index in [1.165, 1.54) is 10.7 Å². The maximum Gasteiger partial charge on any atom is 0.280 e. The summed E-state index contributed by atoms with van der Waals surface area (Å²) in [5.41, 5.74) is 2.29. The minimum atomic E-state index is -0.552. The lowest BCUT2D eigenvalue weighted by atomic mass is 10.1. The van der Waals surface area contributed by atoms with Crippen LogP contribution in [0.25, 0.3) is 5.69 Å². The minimum Gasteiger partial charge on any atom is -0.320 e. The average Bonchev–Trinajstić information content (AvgIpc) is 2.63. The zero-order chi connectivity index (χ0) is 18.7. The van der Waals surface area contributed by atoms with Crippen LogP contribution in [0.5, 0.6) is 0 Å². The molecule has 0 atom stereocenters. The Labute approximate surface area is 156 Å². The van der Waals surface area contributed by atoms with E-state index in [9.17, 15) is 9.59 Å². The number of aryl methyl sites for hydroxylation is 2. The summed E-state index contributed by atoms with van der Waals surface area (Å²) < 4.78 is 1.50. The molecule has 0 bridgehead atoms. The minimum absolute atomic E-state index is 0.183. The number of carbonyl (C=O) groups is 1. The number of amides is 1. The number of nitrogens with one attached hydrogen (secondary N) is 1. The summed E-state index contributed by atoms with van der Waals surface area (Å²) >= 11 is 6.23. The van der Waals surface area contributed by atoms with Crippen molar-refractivity contribution in [1.82, 2.24) is 9.78 Å². The summed E-state index contributed by atoms with van der Waals surface area (Å²) in [6.45, 7) is 3.77. The number of rotatable bonds is 4. The van der Waals surface area contributed by atoms with Crippen LogP contribution in [0.15, 0.2) is 59.4 Å². The highest BCUT2D eigenvalue weighted by molar-refractivity contribution is 6.32. The van der Waals surface area contributed by atoms with Gasteiger partial charge in [0.25, 0.3) is 5.91 Å². The van der Waals surface area contributed by atoms with Crippen molar-refractivity contribution >= 4 is 23.2 Å². The normalized spacial score (nSPS) is 10.6. The van der Waals surface area contributed by atoms with E-state index in [0.29, 0.717) is 22.1 Å². The Morgan fingerprint density at radius 3 is 2.65 bits per heavy atom. The monoisotopic (exact) mass is 367 g/mol. The zero-order valence-corrected chi connectivity index (χ0v) is 15.2. The van der Waals surface area contributed by atoms with E-state index in [2.05, 4.69) is 10.4 Å². The van der Waals surface area contributed by atoms with Crippen LogP contribution in [-0.2, 0) is 6.42 Å². The summed E-state index contributed by atoms with van der Waals surface area (Å²) in [4.78, 5) is 24.9. The SMILES string of the molecule is CCc1cccc(NC(=O)c2nn(-c3ccccc3Cl)c(C)cc2=O)c1. The van der Waals surface area contributed by atoms with E-state index < -0.39 is 11.3 Å². The van der Waals surface area contributed by atoms with Crippen LogP contribution in [0.4, 0.5) is 5.69 Å². The fraction of sp³-hybridized carbons (Fsp3) is 0.150. The van der Waals surface area contributed by atoms with Crippen LogP contribution in [-0.4, -0.2) is 15.7 Å². The third-order valence-electron chi connectivity index (χ3n) is 4.00. The van der Waals surface area contributed by atoms with Gasteiger partial charge in [0.1, 0.15) is 0 Å². The van der Waals surface area contributed by atoms with Crippen molar-refractivity contribution in [1.29, 1.82) is 0 Å². The fourth-order valence-electron chi connectivity index (χ4n) is 2.63. The first-order valence-corrected chi connectivity index (χ1v) is 8.63. The van der Waals surface area contributed by atoms with Crippen LogP contribution in [0.1, 0.15) is 28.7 Å². The molecule has 0 unspecified atom stereocenters. The molecule has 1 aromatic heterocycles. The molecule has 26 heavy (non-hydrogen) atoms. The van der Waals surface area contributed by atoms with Gasteiger partial charge in [0.2, 0.25) is 5.43 Å². The van der Waals surface area contributed by atoms with Crippen molar-refractivity contribution in [3.8, 4) is 5.69 Å². The Kier molecular flexibility index (Phi) is 5.19. The third-order valence-corrected chi connectivity index (χ3v) is 4.32. The summed E-state index contributed by atoms with van der Waals surface area (Å²) in [7, 11) is 0. The number of hydrogen-bond acceptors (Lipinski definition) is 3. The lowest BCUT2D eigenvalue weighted by Crippen LogP contribution is -2.27. The van der Waals surface area contributed by atoms with Crippen molar-refractivity contribution in [2.45, 2.75) is 20.3 Å². The highest BCUT2D eigenvalue weighted by Crippen LogP contribution is 2.20. The Morgan fingerprint density at radius 1 is 1.15 bits per heavy atom. The van der Waals surface area contributed by atoms with Crippen LogP contribution < -0.4 is 10.7 Å². The number of para-hydroxylation sites is 1. The van der Waals surface area contributed by atoms with Crippen molar-refractivity contribution in [2.75, 3.05) is 5.32 Å². The van der Waals surface area contributed by atoms with E-state index in [-0.39, 0.29) is 5.69 Å². The summed E-state index contributed by atoms with van der Waals surface area (Å²) in [5.74, 6) is -0.552. The second-order valence-corrected chi connectivity index (χ2v) is 6.28. The molecule has 0 fully saturated rings. The molecule has 1 amide bonds. The lowest BCUT2D eigenvalue weighted by molar-refractivity contribution is 0.101. The molecule has 1 heterocycles. The number of nitrogens with zero attached hydrogens (tertiary/aromatic N) is 2. The molecule has 132 valence electrons. The molecule has 5 nitrogen and oxygen atoms in total. The molecule has 3 rings (SSSR count). The topological polar surface area (TPSA) is 64.0 Å². The van der Waals surface area contributed by atoms with Gasteiger partial charge in [0.15, 0.2) is 5.69 Å². The number of benzene rings is 2. The quantitative estimate of drug-likeness (QED) is 0.757. The second kappa shape index (κ2) is 7.54. The molecule has 1 N–H and O–H groups in total. The van der Waals surface area contributed by atoms with Crippen molar-refractivity contribution in [2.24, 2.45) is 0 Å². The van der Waals surface area contributed by atoms with E-state index in [0.717, 1.165) is 12.0 Å². The standard InChI is InChI=1S/C20H18ClN3O2/c1-3-14-7-6-8-15(12-14)22-20(26)19-18(25)11-13(2)24(23-19)17-10-5-4-9-16(17)21/h4-12H,3H2,1-2H3,(H,22,26). The van der Waals surface area contributed by atoms with Crippen LogP contribution >= 0.6 is 11.6 Å². The summed E-state index contributed by atoms with van der Waals surface area (Å²) in [6.07, 6.45) is 0.853. The summed E-state index contributed by atoms with van der Waals surface area (Å²) in [5, 5.41) is 7.47. The average molecular weight is 368 g/mol. The number of anilines is 1. The molecule has 2 aromatic carbocycles. The van der Waals surface area contributed by atoms with Crippen LogP contribution in [0, 0.1) is 6.92 Å². The Morgan fingerprint density at radius 2 is 1.92 bits per heavy atom. The molecule has 0 aliphatic heterocycles. The molecule has 0 aliphatic carbocycles. The first-order chi connectivity index (χ1) is 12.5. The fourth-order valence-corrected chi connectivity index (χ4v) is 2.85. The highest BCUT2D eigenvalue weighted by atomic mass is 35.5. The van der Waals surface area contributed by atoms with Crippen molar-refractivity contribution in [3.63, 3.8) is 0 Å². The molecule has 6 heteroatoms. The Balaban J connectivity index is 1.99. The Hall–Kier alpha value is -2.92. The predicted octanol–water partition coefficient (Wildman–Crippen LogP) is 4.01. The van der Waals surface area contributed by atoms with Gasteiger partial charge in [-0.3, -0.25) is 9.59 Å². The molecule has 3 aromatic rings. The van der Waals surface area contributed by atoms with Gasteiger partial charge in [0, 0.05) is 17.4 Å². The van der Waals surface area contributed by atoms with E-state index in [1.54, 1.807) is 31.2 Å². The van der Waals surface area contributed by atoms with Gasteiger partial charge < -0.3 is 5.32 Å². The van der Waals surface area contributed by atoms with Crippen LogP contribution in [0.2, 0.25) is 5.02 Å². The maximum absolute atomic E-state index is 12.6. The summed E-state index contributed by atoms with van der Waals surface area (Å²) in [6, 6.07) is 16.0. The number of carbonyl (C=O) groups excluding carboxylic acids is 1. The molecule has 0 saturated carbocycles. The van der Waals surface area contributed by atoms with Gasteiger partial charge in [-0.2, -0.15) is 5.10 Å². The third kappa shape index (κ3) is 3.68. The smallest absolute Gasteiger partial charge is 0.280 e. The maximum atomic E-state index is 12.6. The first-order valence-electron chi connectivity index (χ1n) is 8.25. The van der Waals surface area contributed by atoms with Gasteiger partial charge in [0.05, 0.1) is 10.7 Å². The lowest BCUT2D eigenvalue weighted by Gasteiger charge is -2.12. The van der Waals surface area contributed by atoms with Crippen molar-refractivity contribution < 1.29 is 4.79 Å². The van der Waals surface area contributed by atoms with Gasteiger partial charge in [-0.1, -0.05) is 42.8 Å². The second-order valence-electron chi connectivity index (χ2n) is 5.87. The molecule has 0 aliphatic rings. The van der Waals surface area contributed by atoms with Gasteiger partial charge in [-0.05, 0) is 43.2 Å². The Bertz CT molecular complexity index is 1030. The molecule has 0 spiro atoms. The van der Waals surface area contributed by atoms with Gasteiger partial charge >= 0.3 is 0 Å². The highest BCUT2D eigenvalue weighted by Gasteiger charge is 2.16. The number of hydrogen-bond donors (Lipinski definition) is 1. The van der Waals surface area contributed by atoms with Crippen LogP contribution in [0.3, 0.4) is 0 Å². The molecule has 0 radical (unpaired) electrons. The molecular formula is C20H18ClN3O2. The van der Waals surface area contributed by atoms with Gasteiger partial charge in [-0.15, -0.1) is 0 Å². The molecular weight excluding hydrogens is 350 g/mol. The van der Waals surface area contributed by atoms with E-state index >= 15 is 0 Å². The number of halogens is 1. The number of aromatic nitrogens is 2. The van der Waals surface area contributed by atoms with Crippen molar-refractivity contribution in [3.05, 3.63) is 86.8 Å². The van der Waals surface area contributed by atoms with E-state index in [1.807, 2.05) is 31.2 Å². The zero-order valence-electron chi connectivity index (χ0n) is 14.5. The first kappa shape index (κ1) is 17.9. The largest absolute Gasteiger partial charge is 0.320 e. The van der Waals surface area contributed by atoms with E-state index in [4.69, 9.17) is 11.6 Å². The van der Waals surface area contributed by atoms with Gasteiger partial charge in [-0.25, -0.2) is 4.68 Å². The predicted molar refractivity (Wildman–Crippen MR) is 103 cm³/mol.